The van der Waals surface area contributed by atoms with Gasteiger partial charge in [-0.1, -0.05) is 54.0 Å². The van der Waals surface area contributed by atoms with Gasteiger partial charge in [-0.15, -0.1) is 5.10 Å². The van der Waals surface area contributed by atoms with Crippen molar-refractivity contribution in [1.82, 2.24) is 24.3 Å². The SMILES string of the molecule is CCc1ccccc1NC(=O)Cn1nc2c(-c3nc(-c4cccc(C)c4)no3)cccn2c1=O. The largest absolute Gasteiger partial charge is 0.350 e. The van der Waals surface area contributed by atoms with Gasteiger partial charge in [0.25, 0.3) is 5.89 Å². The summed E-state index contributed by atoms with van der Waals surface area (Å²) in [5.74, 6) is 0.338. The predicted molar refractivity (Wildman–Crippen MR) is 127 cm³/mol. The predicted octanol–water partition coefficient (Wildman–Crippen LogP) is 3.72. The summed E-state index contributed by atoms with van der Waals surface area (Å²) in [6.45, 7) is 3.78. The van der Waals surface area contributed by atoms with Gasteiger partial charge in [-0.25, -0.2) is 13.9 Å². The van der Waals surface area contributed by atoms with Crippen molar-refractivity contribution in [2.45, 2.75) is 26.8 Å². The maximum atomic E-state index is 12.9. The number of nitrogens with one attached hydrogen (secondary N) is 1. The molecule has 1 N–H and O–H groups in total. The molecule has 3 aromatic heterocycles. The molecule has 2 aromatic carbocycles. The van der Waals surface area contributed by atoms with Gasteiger partial charge in [0.2, 0.25) is 11.7 Å². The van der Waals surface area contributed by atoms with E-state index in [1.807, 2.05) is 62.4 Å². The van der Waals surface area contributed by atoms with E-state index in [-0.39, 0.29) is 18.3 Å². The Morgan fingerprint density at radius 1 is 1.09 bits per heavy atom. The van der Waals surface area contributed by atoms with Gasteiger partial charge in [0.05, 0.1) is 5.56 Å². The van der Waals surface area contributed by atoms with Gasteiger partial charge in [-0.05, 0) is 43.2 Å². The second kappa shape index (κ2) is 8.78. The number of benzene rings is 2. The van der Waals surface area contributed by atoms with E-state index in [4.69, 9.17) is 4.52 Å². The number of aromatic nitrogens is 5. The van der Waals surface area contributed by atoms with Crippen molar-refractivity contribution in [3.05, 3.63) is 88.5 Å². The Hall–Kier alpha value is -4.53. The third-order valence-corrected chi connectivity index (χ3v) is 5.51. The van der Waals surface area contributed by atoms with Crippen molar-refractivity contribution in [2.24, 2.45) is 0 Å². The van der Waals surface area contributed by atoms with E-state index in [1.165, 1.54) is 4.40 Å². The lowest BCUT2D eigenvalue weighted by Gasteiger charge is -2.09. The van der Waals surface area contributed by atoms with Crippen LogP contribution in [0.1, 0.15) is 18.1 Å². The molecule has 5 rings (SSSR count). The highest BCUT2D eigenvalue weighted by molar-refractivity contribution is 5.91. The molecular weight excluding hydrogens is 432 g/mol. The van der Waals surface area contributed by atoms with Gasteiger partial charge in [0.15, 0.2) is 5.65 Å². The summed E-state index contributed by atoms with van der Waals surface area (Å²) in [7, 11) is 0. The van der Waals surface area contributed by atoms with Crippen LogP contribution in [0.25, 0.3) is 28.5 Å². The maximum absolute atomic E-state index is 12.9. The van der Waals surface area contributed by atoms with Crippen LogP contribution in [-0.2, 0) is 17.8 Å². The molecule has 3 heterocycles. The van der Waals surface area contributed by atoms with E-state index in [0.29, 0.717) is 17.0 Å². The van der Waals surface area contributed by atoms with Gasteiger partial charge in [-0.2, -0.15) is 4.98 Å². The second-order valence-electron chi connectivity index (χ2n) is 7.91. The molecule has 9 heteroatoms. The quantitative estimate of drug-likeness (QED) is 0.419. The van der Waals surface area contributed by atoms with Crippen molar-refractivity contribution in [3.8, 4) is 22.8 Å². The van der Waals surface area contributed by atoms with Gasteiger partial charge in [0.1, 0.15) is 6.54 Å². The fourth-order valence-corrected chi connectivity index (χ4v) is 3.82. The van der Waals surface area contributed by atoms with Crippen molar-refractivity contribution >= 4 is 17.2 Å². The summed E-state index contributed by atoms with van der Waals surface area (Å²) in [5.41, 5.74) is 4.04. The third-order valence-electron chi connectivity index (χ3n) is 5.51. The molecule has 0 bridgehead atoms. The van der Waals surface area contributed by atoms with Crippen molar-refractivity contribution in [1.29, 1.82) is 0 Å². The molecule has 9 nitrogen and oxygen atoms in total. The lowest BCUT2D eigenvalue weighted by Crippen LogP contribution is -2.28. The highest BCUT2D eigenvalue weighted by Gasteiger charge is 2.19. The van der Waals surface area contributed by atoms with Crippen LogP contribution in [0.4, 0.5) is 5.69 Å². The molecular formula is C25H22N6O3. The first-order valence-corrected chi connectivity index (χ1v) is 10.9. The number of carbonyl (C=O) groups is 1. The van der Waals surface area contributed by atoms with Crippen LogP contribution in [0.5, 0.6) is 0 Å². The molecule has 5 aromatic rings. The molecule has 0 aliphatic carbocycles. The third kappa shape index (κ3) is 3.99. The Labute approximate surface area is 194 Å². The summed E-state index contributed by atoms with van der Waals surface area (Å²) in [6.07, 6.45) is 2.37. The molecule has 170 valence electrons. The van der Waals surface area contributed by atoms with Gasteiger partial charge < -0.3 is 9.84 Å². The lowest BCUT2D eigenvalue weighted by atomic mass is 10.1. The number of fused-ring (bicyclic) bond motifs is 1. The Bertz CT molecular complexity index is 1560. The first kappa shape index (κ1) is 21.3. The van der Waals surface area contributed by atoms with Crippen LogP contribution in [0.15, 0.2) is 76.2 Å². The summed E-state index contributed by atoms with van der Waals surface area (Å²) >= 11 is 0. The molecule has 0 fully saturated rings. The van der Waals surface area contributed by atoms with Gasteiger partial charge in [-0.3, -0.25) is 4.79 Å². The zero-order valence-electron chi connectivity index (χ0n) is 18.7. The molecule has 0 aliphatic rings. The van der Waals surface area contributed by atoms with E-state index in [9.17, 15) is 9.59 Å². The number of rotatable bonds is 6. The smallest absolute Gasteiger partial charge is 0.333 e. The molecule has 0 unspecified atom stereocenters. The van der Waals surface area contributed by atoms with E-state index in [2.05, 4.69) is 20.6 Å². The zero-order chi connectivity index (χ0) is 23.7. The van der Waals surface area contributed by atoms with Crippen molar-refractivity contribution in [2.75, 3.05) is 5.32 Å². The van der Waals surface area contributed by atoms with Crippen LogP contribution < -0.4 is 11.0 Å². The van der Waals surface area contributed by atoms with Crippen molar-refractivity contribution < 1.29 is 9.32 Å². The van der Waals surface area contributed by atoms with Crippen LogP contribution in [0.2, 0.25) is 0 Å². The van der Waals surface area contributed by atoms with E-state index in [0.717, 1.165) is 33.5 Å². The minimum atomic E-state index is -0.436. The van der Waals surface area contributed by atoms with E-state index < -0.39 is 5.69 Å². The maximum Gasteiger partial charge on any atom is 0.350 e. The Morgan fingerprint density at radius 3 is 2.76 bits per heavy atom. The molecule has 0 saturated heterocycles. The number of nitrogens with zero attached hydrogens (tertiary/aromatic N) is 5. The topological polar surface area (TPSA) is 107 Å². The second-order valence-corrected chi connectivity index (χ2v) is 7.91. The Kier molecular flexibility index (Phi) is 5.51. The minimum absolute atomic E-state index is 0.226. The van der Waals surface area contributed by atoms with Gasteiger partial charge in [0, 0.05) is 17.4 Å². The number of pyridine rings is 1. The van der Waals surface area contributed by atoms with E-state index in [1.54, 1.807) is 18.3 Å². The molecule has 0 saturated carbocycles. The highest BCUT2D eigenvalue weighted by atomic mass is 16.5. The molecule has 1 amide bonds. The number of carbonyl (C=O) groups excluding carboxylic acids is 1. The average Bonchev–Trinajstić information content (AvgIpc) is 3.45. The standard InChI is InChI=1S/C25H22N6O3/c1-3-17-9-4-5-12-20(17)26-21(32)15-31-25(33)30-13-7-11-19(23(30)28-31)24-27-22(29-34-24)18-10-6-8-16(2)14-18/h4-14H,3,15H2,1-2H3,(H,26,32). The summed E-state index contributed by atoms with van der Waals surface area (Å²) < 4.78 is 7.97. The minimum Gasteiger partial charge on any atom is -0.333 e. The fourth-order valence-electron chi connectivity index (χ4n) is 3.82. The number of hydrogen-bond acceptors (Lipinski definition) is 6. The number of hydrogen-bond donors (Lipinski definition) is 1. The summed E-state index contributed by atoms with van der Waals surface area (Å²) in [6, 6.07) is 18.8. The molecule has 0 aliphatic heterocycles. The molecule has 0 radical (unpaired) electrons. The van der Waals surface area contributed by atoms with Crippen LogP contribution >= 0.6 is 0 Å². The average molecular weight is 454 g/mol. The number of aryl methyl sites for hydroxylation is 2. The van der Waals surface area contributed by atoms with E-state index >= 15 is 0 Å². The highest BCUT2D eigenvalue weighted by Crippen LogP contribution is 2.25. The number of para-hydroxylation sites is 1. The fraction of sp³-hybridized carbons (Fsp3) is 0.160. The Balaban J connectivity index is 1.45. The zero-order valence-corrected chi connectivity index (χ0v) is 18.7. The lowest BCUT2D eigenvalue weighted by molar-refractivity contribution is -0.117. The first-order valence-electron chi connectivity index (χ1n) is 10.9. The number of amides is 1. The Morgan fingerprint density at radius 2 is 1.94 bits per heavy atom. The molecule has 34 heavy (non-hydrogen) atoms. The normalized spacial score (nSPS) is 11.1. The summed E-state index contributed by atoms with van der Waals surface area (Å²) in [5, 5.41) is 11.3. The number of anilines is 1. The first-order chi connectivity index (χ1) is 16.5. The van der Waals surface area contributed by atoms with Crippen LogP contribution in [0.3, 0.4) is 0 Å². The van der Waals surface area contributed by atoms with Crippen LogP contribution in [0, 0.1) is 6.92 Å². The van der Waals surface area contributed by atoms with Crippen molar-refractivity contribution in [3.63, 3.8) is 0 Å². The monoisotopic (exact) mass is 454 g/mol. The molecule has 0 atom stereocenters. The van der Waals surface area contributed by atoms with Crippen LogP contribution in [-0.4, -0.2) is 30.2 Å². The summed E-state index contributed by atoms with van der Waals surface area (Å²) in [4.78, 5) is 30.1. The molecule has 0 spiro atoms. The van der Waals surface area contributed by atoms with Gasteiger partial charge >= 0.3 is 5.69 Å².